The summed E-state index contributed by atoms with van der Waals surface area (Å²) < 4.78 is 5.28. The quantitative estimate of drug-likeness (QED) is 0.541. The molecule has 118 valence electrons. The third kappa shape index (κ3) is 4.55. The van der Waals surface area contributed by atoms with Crippen LogP contribution < -0.4 is 5.73 Å². The van der Waals surface area contributed by atoms with Crippen LogP contribution in [0.1, 0.15) is 43.7 Å². The highest BCUT2D eigenvalue weighted by Gasteiger charge is 2.39. The van der Waals surface area contributed by atoms with Gasteiger partial charge in [0.05, 0.1) is 6.61 Å². The summed E-state index contributed by atoms with van der Waals surface area (Å²) in [5.41, 5.74) is 7.23. The minimum atomic E-state index is -0.780. The number of hydrogen-bond acceptors (Lipinski definition) is 4. The summed E-state index contributed by atoms with van der Waals surface area (Å²) in [5, 5.41) is 8.88. The predicted octanol–water partition coefficient (Wildman–Crippen LogP) is 2.31. The van der Waals surface area contributed by atoms with E-state index in [9.17, 15) is 4.79 Å². The van der Waals surface area contributed by atoms with Crippen LogP contribution in [0.2, 0.25) is 0 Å². The largest absolute Gasteiger partial charge is 0.465 e. The summed E-state index contributed by atoms with van der Waals surface area (Å²) in [4.78, 5) is 12.5. The lowest BCUT2D eigenvalue weighted by Crippen LogP contribution is -2.44. The third-order valence-corrected chi connectivity index (χ3v) is 3.85. The summed E-state index contributed by atoms with van der Waals surface area (Å²) in [6.45, 7) is 4.57. The Hall–Kier alpha value is -1.39. The molecular weight excluding hydrogens is 266 g/mol. The molecule has 0 bridgehead atoms. The Bertz CT molecular complexity index is 447. The number of aliphatic hydroxyl groups excluding tert-OH is 1. The number of hydrogen-bond donors (Lipinski definition) is 2. The zero-order chi connectivity index (χ0) is 15.7. The lowest BCUT2D eigenvalue weighted by molar-refractivity contribution is -0.150. The topological polar surface area (TPSA) is 72.5 Å². The second-order valence-corrected chi connectivity index (χ2v) is 5.41. The minimum Gasteiger partial charge on any atom is -0.465 e. The summed E-state index contributed by atoms with van der Waals surface area (Å²) in [5.74, 6) is -0.248. The fourth-order valence-electron chi connectivity index (χ4n) is 2.59. The molecule has 0 heterocycles. The Balaban J connectivity index is 3.04. The molecule has 0 amide bonds. The number of aryl methyl sites for hydroxylation is 1. The van der Waals surface area contributed by atoms with Crippen molar-refractivity contribution in [1.82, 2.24) is 0 Å². The van der Waals surface area contributed by atoms with E-state index < -0.39 is 5.41 Å². The van der Waals surface area contributed by atoms with E-state index in [1.54, 1.807) is 6.92 Å². The number of rotatable bonds is 9. The standard InChI is InChI=1S/C17H27NO3/c1-3-21-16(20)17(13-18,10-5-4-6-11-19)15-9-7-8-14(2)12-15/h7-9,12,19H,3-6,10-11,13,18H2,1-2H3. The second kappa shape index (κ2) is 8.80. The predicted molar refractivity (Wildman–Crippen MR) is 84.1 cm³/mol. The van der Waals surface area contributed by atoms with Crippen LogP contribution in [0.15, 0.2) is 24.3 Å². The van der Waals surface area contributed by atoms with E-state index in [0.717, 1.165) is 30.4 Å². The van der Waals surface area contributed by atoms with Crippen molar-refractivity contribution in [3.63, 3.8) is 0 Å². The van der Waals surface area contributed by atoms with Crippen LogP contribution in [0.5, 0.6) is 0 Å². The highest BCUT2D eigenvalue weighted by Crippen LogP contribution is 2.31. The fraction of sp³-hybridized carbons (Fsp3) is 0.588. The van der Waals surface area contributed by atoms with Crippen molar-refractivity contribution < 1.29 is 14.6 Å². The first-order valence-electron chi connectivity index (χ1n) is 7.66. The van der Waals surface area contributed by atoms with Gasteiger partial charge in [0.1, 0.15) is 5.41 Å². The molecule has 0 aliphatic carbocycles. The van der Waals surface area contributed by atoms with E-state index in [-0.39, 0.29) is 19.1 Å². The van der Waals surface area contributed by atoms with E-state index >= 15 is 0 Å². The molecule has 1 unspecified atom stereocenters. The molecule has 21 heavy (non-hydrogen) atoms. The monoisotopic (exact) mass is 293 g/mol. The normalized spacial score (nSPS) is 13.7. The van der Waals surface area contributed by atoms with Crippen molar-refractivity contribution in [3.05, 3.63) is 35.4 Å². The van der Waals surface area contributed by atoms with Crippen LogP contribution in [0.3, 0.4) is 0 Å². The number of esters is 1. The van der Waals surface area contributed by atoms with Crippen molar-refractivity contribution in [3.8, 4) is 0 Å². The molecule has 4 heteroatoms. The van der Waals surface area contributed by atoms with Crippen molar-refractivity contribution in [2.45, 2.75) is 44.9 Å². The molecule has 0 radical (unpaired) electrons. The first kappa shape index (κ1) is 17.7. The average molecular weight is 293 g/mol. The summed E-state index contributed by atoms with van der Waals surface area (Å²) in [7, 11) is 0. The van der Waals surface area contributed by atoms with Crippen LogP contribution in [0.4, 0.5) is 0 Å². The van der Waals surface area contributed by atoms with Gasteiger partial charge in [-0.2, -0.15) is 0 Å². The molecule has 0 spiro atoms. The first-order valence-corrected chi connectivity index (χ1v) is 7.66. The lowest BCUT2D eigenvalue weighted by Gasteiger charge is -2.31. The van der Waals surface area contributed by atoms with Gasteiger partial charge in [0.15, 0.2) is 0 Å². The van der Waals surface area contributed by atoms with Crippen molar-refractivity contribution >= 4 is 5.97 Å². The van der Waals surface area contributed by atoms with Gasteiger partial charge in [-0.1, -0.05) is 42.7 Å². The lowest BCUT2D eigenvalue weighted by atomic mass is 9.75. The maximum Gasteiger partial charge on any atom is 0.317 e. The molecule has 0 aromatic heterocycles. The fourth-order valence-corrected chi connectivity index (χ4v) is 2.59. The van der Waals surface area contributed by atoms with Crippen LogP contribution in [0.25, 0.3) is 0 Å². The number of aliphatic hydroxyl groups is 1. The zero-order valence-electron chi connectivity index (χ0n) is 13.1. The number of carbonyl (C=O) groups is 1. The van der Waals surface area contributed by atoms with Crippen LogP contribution in [-0.2, 0) is 14.9 Å². The highest BCUT2D eigenvalue weighted by atomic mass is 16.5. The smallest absolute Gasteiger partial charge is 0.317 e. The van der Waals surface area contributed by atoms with Gasteiger partial charge < -0.3 is 15.6 Å². The number of unbranched alkanes of at least 4 members (excludes halogenated alkanes) is 2. The molecule has 0 aliphatic heterocycles. The minimum absolute atomic E-state index is 0.180. The number of ether oxygens (including phenoxy) is 1. The summed E-state index contributed by atoms with van der Waals surface area (Å²) >= 11 is 0. The Morgan fingerprint density at radius 2 is 2.10 bits per heavy atom. The third-order valence-electron chi connectivity index (χ3n) is 3.85. The molecule has 0 saturated heterocycles. The second-order valence-electron chi connectivity index (χ2n) is 5.41. The molecule has 4 nitrogen and oxygen atoms in total. The zero-order valence-corrected chi connectivity index (χ0v) is 13.1. The van der Waals surface area contributed by atoms with E-state index in [0.29, 0.717) is 13.0 Å². The maximum atomic E-state index is 12.5. The van der Waals surface area contributed by atoms with Crippen molar-refractivity contribution in [2.75, 3.05) is 19.8 Å². The Kier molecular flexibility index (Phi) is 7.40. The Morgan fingerprint density at radius 1 is 1.33 bits per heavy atom. The number of carbonyl (C=O) groups excluding carboxylic acids is 1. The molecule has 1 aromatic rings. The van der Waals surface area contributed by atoms with Gasteiger partial charge in [0.25, 0.3) is 0 Å². The Morgan fingerprint density at radius 3 is 2.67 bits per heavy atom. The maximum absolute atomic E-state index is 12.5. The average Bonchev–Trinajstić information content (AvgIpc) is 2.48. The van der Waals surface area contributed by atoms with Gasteiger partial charge in [-0.25, -0.2) is 0 Å². The van der Waals surface area contributed by atoms with E-state index in [4.69, 9.17) is 15.6 Å². The molecular formula is C17H27NO3. The van der Waals surface area contributed by atoms with Crippen LogP contribution in [0, 0.1) is 6.92 Å². The first-order chi connectivity index (χ1) is 10.1. The van der Waals surface area contributed by atoms with Gasteiger partial charge in [-0.3, -0.25) is 4.79 Å². The van der Waals surface area contributed by atoms with Gasteiger partial charge >= 0.3 is 5.97 Å². The highest BCUT2D eigenvalue weighted by molar-refractivity contribution is 5.83. The molecule has 0 fully saturated rings. The summed E-state index contributed by atoms with van der Waals surface area (Å²) in [6.07, 6.45) is 3.11. The summed E-state index contributed by atoms with van der Waals surface area (Å²) in [6, 6.07) is 7.91. The number of benzene rings is 1. The molecule has 0 saturated carbocycles. The molecule has 1 aromatic carbocycles. The van der Waals surface area contributed by atoms with Crippen LogP contribution in [-0.4, -0.2) is 30.8 Å². The van der Waals surface area contributed by atoms with Gasteiger partial charge in [-0.15, -0.1) is 0 Å². The Labute approximate surface area is 127 Å². The SMILES string of the molecule is CCOC(=O)C(CN)(CCCCCO)c1cccc(C)c1. The van der Waals surface area contributed by atoms with E-state index in [1.807, 2.05) is 31.2 Å². The van der Waals surface area contributed by atoms with Crippen molar-refractivity contribution in [2.24, 2.45) is 5.73 Å². The number of nitrogens with two attached hydrogens (primary N) is 1. The molecule has 0 aliphatic rings. The molecule has 1 atom stereocenters. The van der Waals surface area contributed by atoms with E-state index in [2.05, 4.69) is 0 Å². The van der Waals surface area contributed by atoms with Crippen LogP contribution >= 0.6 is 0 Å². The van der Waals surface area contributed by atoms with Gasteiger partial charge in [-0.05, 0) is 32.3 Å². The van der Waals surface area contributed by atoms with Gasteiger partial charge in [0, 0.05) is 13.2 Å². The van der Waals surface area contributed by atoms with Crippen molar-refractivity contribution in [1.29, 1.82) is 0 Å². The van der Waals surface area contributed by atoms with E-state index in [1.165, 1.54) is 0 Å². The molecule has 1 rings (SSSR count). The molecule has 3 N–H and O–H groups in total. The van der Waals surface area contributed by atoms with Gasteiger partial charge in [0.2, 0.25) is 0 Å².